The predicted molar refractivity (Wildman–Crippen MR) is 89.1 cm³/mol. The first-order chi connectivity index (χ1) is 11.1. The van der Waals surface area contributed by atoms with E-state index in [2.05, 4.69) is 0 Å². The molecule has 120 valence electrons. The maximum Gasteiger partial charge on any atom is 0.254 e. The van der Waals surface area contributed by atoms with E-state index in [4.69, 9.17) is 9.47 Å². The van der Waals surface area contributed by atoms with Crippen molar-refractivity contribution < 1.29 is 14.3 Å². The smallest absolute Gasteiger partial charge is 0.254 e. The minimum Gasteiger partial charge on any atom is -0.486 e. The van der Waals surface area contributed by atoms with Crippen LogP contribution in [-0.2, 0) is 6.54 Å². The average Bonchev–Trinajstić information content (AvgIpc) is 2.56. The number of carbonyl (C=O) groups is 1. The van der Waals surface area contributed by atoms with Crippen molar-refractivity contribution in [2.75, 3.05) is 20.3 Å². The molecule has 0 saturated heterocycles. The van der Waals surface area contributed by atoms with Gasteiger partial charge in [-0.2, -0.15) is 0 Å². The fraction of sp³-hybridized carbons (Fsp3) is 0.316. The highest BCUT2D eigenvalue weighted by molar-refractivity contribution is 5.95. The predicted octanol–water partition coefficient (Wildman–Crippen LogP) is 3.35. The number of hydrogen-bond acceptors (Lipinski definition) is 3. The van der Waals surface area contributed by atoms with Crippen LogP contribution in [-0.4, -0.2) is 31.1 Å². The van der Waals surface area contributed by atoms with Gasteiger partial charge in [-0.05, 0) is 48.7 Å². The first-order valence-electron chi connectivity index (χ1n) is 7.76. The molecule has 0 bridgehead atoms. The van der Waals surface area contributed by atoms with Crippen LogP contribution >= 0.6 is 0 Å². The minimum absolute atomic E-state index is 0.0288. The van der Waals surface area contributed by atoms with Crippen LogP contribution in [0.25, 0.3) is 0 Å². The molecule has 0 N–H and O–H groups in total. The summed E-state index contributed by atoms with van der Waals surface area (Å²) in [6.45, 7) is 5.68. The highest BCUT2D eigenvalue weighted by Crippen LogP contribution is 2.31. The molecule has 0 fully saturated rings. The zero-order chi connectivity index (χ0) is 16.4. The molecule has 0 spiro atoms. The van der Waals surface area contributed by atoms with Gasteiger partial charge in [0.15, 0.2) is 11.5 Å². The van der Waals surface area contributed by atoms with Gasteiger partial charge in [0, 0.05) is 19.2 Å². The maximum absolute atomic E-state index is 12.7. The van der Waals surface area contributed by atoms with Crippen LogP contribution in [0, 0.1) is 13.8 Å². The van der Waals surface area contributed by atoms with Crippen LogP contribution in [0.15, 0.2) is 36.4 Å². The highest BCUT2D eigenvalue weighted by atomic mass is 16.6. The van der Waals surface area contributed by atoms with Crippen molar-refractivity contribution in [1.29, 1.82) is 0 Å². The number of benzene rings is 2. The Morgan fingerprint density at radius 1 is 1.09 bits per heavy atom. The van der Waals surface area contributed by atoms with Crippen molar-refractivity contribution >= 4 is 5.91 Å². The molecule has 2 aromatic carbocycles. The molecule has 4 nitrogen and oxygen atoms in total. The van der Waals surface area contributed by atoms with Crippen molar-refractivity contribution in [2.45, 2.75) is 20.4 Å². The molecule has 0 aliphatic carbocycles. The Kier molecular flexibility index (Phi) is 4.24. The molecule has 1 heterocycles. The Hall–Kier alpha value is -2.49. The summed E-state index contributed by atoms with van der Waals surface area (Å²) in [4.78, 5) is 14.4. The largest absolute Gasteiger partial charge is 0.486 e. The van der Waals surface area contributed by atoms with Gasteiger partial charge in [-0.1, -0.05) is 18.2 Å². The van der Waals surface area contributed by atoms with E-state index in [1.54, 1.807) is 4.90 Å². The van der Waals surface area contributed by atoms with Crippen molar-refractivity contribution in [2.24, 2.45) is 0 Å². The van der Waals surface area contributed by atoms with Crippen LogP contribution in [0.1, 0.15) is 27.0 Å². The number of aryl methyl sites for hydroxylation is 1. The second-order valence-corrected chi connectivity index (χ2v) is 5.89. The monoisotopic (exact) mass is 311 g/mol. The van der Waals surface area contributed by atoms with Gasteiger partial charge in [-0.15, -0.1) is 0 Å². The summed E-state index contributed by atoms with van der Waals surface area (Å²) in [6, 6.07) is 11.6. The molecule has 0 aromatic heterocycles. The van der Waals surface area contributed by atoms with E-state index in [0.717, 1.165) is 33.8 Å². The van der Waals surface area contributed by atoms with E-state index >= 15 is 0 Å². The molecule has 0 radical (unpaired) electrons. The molecule has 1 aliphatic rings. The summed E-state index contributed by atoms with van der Waals surface area (Å²) >= 11 is 0. The van der Waals surface area contributed by atoms with Gasteiger partial charge in [-0.3, -0.25) is 4.79 Å². The summed E-state index contributed by atoms with van der Waals surface area (Å²) < 4.78 is 11.1. The average molecular weight is 311 g/mol. The Morgan fingerprint density at radius 3 is 2.61 bits per heavy atom. The lowest BCUT2D eigenvalue weighted by molar-refractivity contribution is 0.0784. The van der Waals surface area contributed by atoms with Gasteiger partial charge < -0.3 is 14.4 Å². The molecule has 0 unspecified atom stereocenters. The van der Waals surface area contributed by atoms with E-state index < -0.39 is 0 Å². The quantitative estimate of drug-likeness (QED) is 0.872. The first kappa shape index (κ1) is 15.4. The second-order valence-electron chi connectivity index (χ2n) is 5.89. The molecule has 23 heavy (non-hydrogen) atoms. The lowest BCUT2D eigenvalue weighted by Crippen LogP contribution is -2.27. The van der Waals surface area contributed by atoms with Crippen LogP contribution in [0.4, 0.5) is 0 Å². The van der Waals surface area contributed by atoms with Crippen molar-refractivity contribution in [1.82, 2.24) is 4.90 Å². The lowest BCUT2D eigenvalue weighted by atomic mass is 10.0. The molecule has 0 saturated carbocycles. The van der Waals surface area contributed by atoms with Crippen molar-refractivity contribution in [3.8, 4) is 11.5 Å². The molecule has 3 rings (SSSR count). The topological polar surface area (TPSA) is 38.8 Å². The van der Waals surface area contributed by atoms with Crippen LogP contribution in [0.5, 0.6) is 11.5 Å². The number of ether oxygens (including phenoxy) is 2. The Bertz CT molecular complexity index is 739. The van der Waals surface area contributed by atoms with E-state index in [-0.39, 0.29) is 5.91 Å². The number of fused-ring (bicyclic) bond motifs is 1. The number of amides is 1. The lowest BCUT2D eigenvalue weighted by Gasteiger charge is -2.22. The number of hydrogen-bond donors (Lipinski definition) is 0. The minimum atomic E-state index is 0.0288. The zero-order valence-corrected chi connectivity index (χ0v) is 13.8. The van der Waals surface area contributed by atoms with E-state index in [1.165, 1.54) is 0 Å². The molecule has 0 atom stereocenters. The SMILES string of the molecule is Cc1cccc(C(=O)N(C)Cc2ccc3c(c2)OCCO3)c1C. The van der Waals surface area contributed by atoms with Gasteiger partial charge in [0.25, 0.3) is 5.91 Å². The van der Waals surface area contributed by atoms with Gasteiger partial charge in [0.1, 0.15) is 13.2 Å². The summed E-state index contributed by atoms with van der Waals surface area (Å²) in [6.07, 6.45) is 0. The van der Waals surface area contributed by atoms with Crippen molar-refractivity contribution in [3.05, 3.63) is 58.7 Å². The standard InChI is InChI=1S/C19H21NO3/c1-13-5-4-6-16(14(13)2)19(21)20(3)12-15-7-8-17-18(11-15)23-10-9-22-17/h4-8,11H,9-10,12H2,1-3H3. The fourth-order valence-corrected chi connectivity index (χ4v) is 2.72. The molecular weight excluding hydrogens is 290 g/mol. The van der Waals surface area contributed by atoms with Crippen LogP contribution in [0.2, 0.25) is 0 Å². The summed E-state index contributed by atoms with van der Waals surface area (Å²) in [5, 5.41) is 0. The maximum atomic E-state index is 12.7. The Labute approximate surface area is 136 Å². The molecule has 4 heteroatoms. The number of rotatable bonds is 3. The van der Waals surface area contributed by atoms with E-state index in [1.807, 2.05) is 57.3 Å². The van der Waals surface area contributed by atoms with Gasteiger partial charge >= 0.3 is 0 Å². The normalized spacial score (nSPS) is 12.8. The van der Waals surface area contributed by atoms with Crippen LogP contribution < -0.4 is 9.47 Å². The third-order valence-electron chi connectivity index (χ3n) is 4.21. The molecule has 2 aromatic rings. The van der Waals surface area contributed by atoms with Crippen molar-refractivity contribution in [3.63, 3.8) is 0 Å². The highest BCUT2D eigenvalue weighted by Gasteiger charge is 2.17. The number of carbonyl (C=O) groups excluding carboxylic acids is 1. The Morgan fingerprint density at radius 2 is 1.83 bits per heavy atom. The third kappa shape index (κ3) is 3.16. The Balaban J connectivity index is 1.77. The third-order valence-corrected chi connectivity index (χ3v) is 4.21. The molecule has 1 amide bonds. The molecule has 1 aliphatic heterocycles. The fourth-order valence-electron chi connectivity index (χ4n) is 2.72. The van der Waals surface area contributed by atoms with Gasteiger partial charge in [0.05, 0.1) is 0 Å². The van der Waals surface area contributed by atoms with Gasteiger partial charge in [0.2, 0.25) is 0 Å². The van der Waals surface area contributed by atoms with E-state index in [0.29, 0.717) is 19.8 Å². The zero-order valence-electron chi connectivity index (χ0n) is 13.8. The summed E-state index contributed by atoms with van der Waals surface area (Å²) in [5.74, 6) is 1.55. The van der Waals surface area contributed by atoms with E-state index in [9.17, 15) is 4.79 Å². The van der Waals surface area contributed by atoms with Crippen LogP contribution in [0.3, 0.4) is 0 Å². The second kappa shape index (κ2) is 6.32. The summed E-state index contributed by atoms with van der Waals surface area (Å²) in [5.41, 5.74) is 3.94. The first-order valence-corrected chi connectivity index (χ1v) is 7.76. The summed E-state index contributed by atoms with van der Waals surface area (Å²) in [7, 11) is 1.82. The number of nitrogens with zero attached hydrogens (tertiary/aromatic N) is 1. The van der Waals surface area contributed by atoms with Gasteiger partial charge in [-0.25, -0.2) is 0 Å². The molecular formula is C19H21NO3.